The van der Waals surface area contributed by atoms with Gasteiger partial charge in [-0.2, -0.15) is 0 Å². The molecular formula is C22H30BClFN3O4. The number of carbonyl (C=O) groups excluding carboxylic acids is 2. The van der Waals surface area contributed by atoms with Gasteiger partial charge in [-0.3, -0.25) is 9.59 Å². The van der Waals surface area contributed by atoms with Gasteiger partial charge < -0.3 is 38.8 Å². The molecule has 0 bridgehead atoms. The molecule has 2 rings (SSSR count). The van der Waals surface area contributed by atoms with Crippen LogP contribution in [-0.4, -0.2) is 41.1 Å². The zero-order valence-corrected chi connectivity index (χ0v) is 18.9. The van der Waals surface area contributed by atoms with E-state index < -0.39 is 37.0 Å². The van der Waals surface area contributed by atoms with Crippen molar-refractivity contribution in [3.63, 3.8) is 0 Å². The van der Waals surface area contributed by atoms with Gasteiger partial charge in [-0.15, -0.1) is 0 Å². The van der Waals surface area contributed by atoms with Gasteiger partial charge in [0.05, 0.1) is 5.94 Å². The maximum Gasteiger partial charge on any atom is 0.480 e. The van der Waals surface area contributed by atoms with Gasteiger partial charge in [0.1, 0.15) is 11.9 Å². The second-order valence-electron chi connectivity index (χ2n) is 7.71. The minimum atomic E-state index is -1.81. The zero-order chi connectivity index (χ0) is 23.0. The topological polar surface area (TPSA) is 126 Å². The Bertz CT molecular complexity index is 858. The number of rotatable bonds is 10. The van der Waals surface area contributed by atoms with E-state index in [1.807, 2.05) is 13.8 Å². The number of benzene rings is 2. The Kier molecular flexibility index (Phi) is 11.4. The predicted molar refractivity (Wildman–Crippen MR) is 116 cm³/mol. The molecule has 2 aromatic rings. The van der Waals surface area contributed by atoms with Crippen molar-refractivity contribution in [2.45, 2.75) is 44.7 Å². The van der Waals surface area contributed by atoms with E-state index in [-0.39, 0.29) is 24.1 Å². The summed E-state index contributed by atoms with van der Waals surface area (Å²) in [6, 6.07) is 12.9. The molecule has 2 aromatic carbocycles. The fraction of sp³-hybridized carbons (Fsp3) is 0.364. The molecule has 10 heteroatoms. The van der Waals surface area contributed by atoms with Crippen molar-refractivity contribution in [1.82, 2.24) is 10.6 Å². The quantitative estimate of drug-likeness (QED) is 0.246. The lowest BCUT2D eigenvalue weighted by Gasteiger charge is -2.27. The molecule has 1 unspecified atom stereocenters. The lowest BCUT2D eigenvalue weighted by atomic mass is 9.75. The van der Waals surface area contributed by atoms with Crippen LogP contribution in [0, 0.1) is 11.7 Å². The monoisotopic (exact) mass is 465 g/mol. The molecule has 0 fully saturated rings. The largest absolute Gasteiger partial charge is 1.00 e. The standard InChI is InChI=1S/C22H29BFN3O4.ClH/c1-3-14(2)19(22(29)27-20(23(30)31)16-7-5-4-6-8-16)26-21(28)18(25)13-15-9-11-17(24)12-10-15;/h4-12,14,18-20,30-31H,3,13,25H2,1-2H3,(H,26,28)(H,27,29);1H/t14?,18-,19+,20+;/m1./s1. The summed E-state index contributed by atoms with van der Waals surface area (Å²) in [4.78, 5) is 25.7. The first-order chi connectivity index (χ1) is 14.7. The van der Waals surface area contributed by atoms with Crippen molar-refractivity contribution >= 4 is 18.9 Å². The molecule has 0 heterocycles. The number of quaternary nitrogens is 1. The van der Waals surface area contributed by atoms with Gasteiger partial charge >= 0.3 is 7.12 Å². The highest BCUT2D eigenvalue weighted by Gasteiger charge is 2.33. The molecule has 32 heavy (non-hydrogen) atoms. The van der Waals surface area contributed by atoms with E-state index in [0.717, 1.165) is 5.56 Å². The van der Waals surface area contributed by atoms with Crippen LogP contribution in [-0.2, 0) is 16.0 Å². The summed E-state index contributed by atoms with van der Waals surface area (Å²) in [7, 11) is -1.81. The van der Waals surface area contributed by atoms with Crippen LogP contribution in [0.5, 0.6) is 0 Å². The molecule has 174 valence electrons. The summed E-state index contributed by atoms with van der Waals surface area (Å²) in [6.45, 7) is 3.72. The number of hydrogen-bond acceptors (Lipinski definition) is 4. The first kappa shape index (κ1) is 27.6. The Morgan fingerprint density at radius 1 is 1.03 bits per heavy atom. The van der Waals surface area contributed by atoms with Crippen molar-refractivity contribution in [3.8, 4) is 0 Å². The number of hydrogen-bond donors (Lipinski definition) is 5. The van der Waals surface area contributed by atoms with E-state index in [0.29, 0.717) is 18.4 Å². The first-order valence-electron chi connectivity index (χ1n) is 10.3. The molecule has 0 saturated heterocycles. The highest BCUT2D eigenvalue weighted by Crippen LogP contribution is 2.16. The molecule has 0 radical (unpaired) electrons. The van der Waals surface area contributed by atoms with Gasteiger partial charge in [-0.05, 0) is 29.2 Å². The zero-order valence-electron chi connectivity index (χ0n) is 18.2. The summed E-state index contributed by atoms with van der Waals surface area (Å²) in [5.74, 6) is -2.52. The molecule has 2 amide bonds. The van der Waals surface area contributed by atoms with Crippen LogP contribution in [0.3, 0.4) is 0 Å². The second kappa shape index (κ2) is 13.2. The molecular weight excluding hydrogens is 436 g/mol. The molecule has 0 aliphatic heterocycles. The van der Waals surface area contributed by atoms with Gasteiger partial charge in [-0.25, -0.2) is 4.39 Å². The summed E-state index contributed by atoms with van der Waals surface area (Å²) >= 11 is 0. The number of halogens is 2. The minimum absolute atomic E-state index is 0. The average Bonchev–Trinajstić information content (AvgIpc) is 2.76. The Hall–Kier alpha value is -2.46. The van der Waals surface area contributed by atoms with Gasteiger partial charge in [0.15, 0.2) is 6.04 Å². The third kappa shape index (κ3) is 7.91. The molecule has 0 spiro atoms. The van der Waals surface area contributed by atoms with Crippen LogP contribution in [0.15, 0.2) is 54.6 Å². The second-order valence-corrected chi connectivity index (χ2v) is 7.71. The lowest BCUT2D eigenvalue weighted by molar-refractivity contribution is -0.403. The normalized spacial score (nSPS) is 14.3. The van der Waals surface area contributed by atoms with Gasteiger partial charge in [0.25, 0.3) is 5.91 Å². The van der Waals surface area contributed by atoms with Crippen molar-refractivity contribution in [2.24, 2.45) is 5.92 Å². The predicted octanol–water partition coefficient (Wildman–Crippen LogP) is -2.62. The lowest BCUT2D eigenvalue weighted by Crippen LogP contribution is -3.00. The van der Waals surface area contributed by atoms with E-state index in [4.69, 9.17) is 0 Å². The van der Waals surface area contributed by atoms with Gasteiger partial charge in [-0.1, -0.05) is 62.7 Å². The Morgan fingerprint density at radius 2 is 1.62 bits per heavy atom. The van der Waals surface area contributed by atoms with E-state index in [1.54, 1.807) is 42.5 Å². The fourth-order valence-electron chi connectivity index (χ4n) is 3.20. The van der Waals surface area contributed by atoms with E-state index in [1.165, 1.54) is 12.1 Å². The smallest absolute Gasteiger partial charge is 0.480 e. The molecule has 0 aromatic heterocycles. The van der Waals surface area contributed by atoms with Crippen LogP contribution in [0.25, 0.3) is 0 Å². The molecule has 4 atom stereocenters. The molecule has 0 aliphatic rings. The van der Waals surface area contributed by atoms with Crippen molar-refractivity contribution in [2.75, 3.05) is 0 Å². The minimum Gasteiger partial charge on any atom is -1.00 e. The van der Waals surface area contributed by atoms with Crippen molar-refractivity contribution in [1.29, 1.82) is 0 Å². The van der Waals surface area contributed by atoms with Crippen molar-refractivity contribution < 1.29 is 42.2 Å². The van der Waals surface area contributed by atoms with E-state index in [9.17, 15) is 24.0 Å². The van der Waals surface area contributed by atoms with Crippen LogP contribution in [0.1, 0.15) is 37.3 Å². The number of carbonyl (C=O) groups is 2. The van der Waals surface area contributed by atoms with Crippen LogP contribution in [0.2, 0.25) is 0 Å². The van der Waals surface area contributed by atoms with Gasteiger partial charge in [0.2, 0.25) is 5.91 Å². The summed E-state index contributed by atoms with van der Waals surface area (Å²) in [5.41, 5.74) is 5.16. The summed E-state index contributed by atoms with van der Waals surface area (Å²) in [6.07, 6.45) is 0.915. The highest BCUT2D eigenvalue weighted by atomic mass is 35.5. The highest BCUT2D eigenvalue weighted by molar-refractivity contribution is 6.43. The summed E-state index contributed by atoms with van der Waals surface area (Å²) < 4.78 is 13.1. The SMILES string of the molecule is CCC(C)[C@H](NC(=O)[C@H]([NH3+])Cc1ccc(F)cc1)C(=O)N[C@H](B(O)O)c1ccccc1.[Cl-]. The Labute approximate surface area is 194 Å². The Balaban J connectivity index is 0.00000512. The maximum absolute atomic E-state index is 13.1. The van der Waals surface area contributed by atoms with Crippen LogP contribution >= 0.6 is 0 Å². The maximum atomic E-state index is 13.1. The third-order valence-electron chi connectivity index (χ3n) is 5.31. The third-order valence-corrected chi connectivity index (χ3v) is 5.31. The first-order valence-corrected chi connectivity index (χ1v) is 10.3. The molecule has 7 N–H and O–H groups in total. The molecule has 0 saturated carbocycles. The molecule has 7 nitrogen and oxygen atoms in total. The average molecular weight is 466 g/mol. The van der Waals surface area contributed by atoms with E-state index >= 15 is 0 Å². The van der Waals surface area contributed by atoms with E-state index in [2.05, 4.69) is 16.4 Å². The Morgan fingerprint density at radius 3 is 2.16 bits per heavy atom. The van der Waals surface area contributed by atoms with Gasteiger partial charge in [0, 0.05) is 6.42 Å². The number of nitrogens with one attached hydrogen (secondary N) is 2. The molecule has 0 aliphatic carbocycles. The number of amides is 2. The van der Waals surface area contributed by atoms with Crippen LogP contribution < -0.4 is 28.8 Å². The van der Waals surface area contributed by atoms with Crippen LogP contribution in [0.4, 0.5) is 4.39 Å². The fourth-order valence-corrected chi connectivity index (χ4v) is 3.20. The summed E-state index contributed by atoms with van der Waals surface area (Å²) in [5, 5.41) is 24.9. The van der Waals surface area contributed by atoms with Crippen molar-refractivity contribution in [3.05, 3.63) is 71.5 Å².